The van der Waals surface area contributed by atoms with Crippen molar-refractivity contribution in [3.05, 3.63) is 42.5 Å². The van der Waals surface area contributed by atoms with E-state index in [1.54, 1.807) is 6.92 Å². The smallest absolute Gasteiger partial charge is 0.408 e. The van der Waals surface area contributed by atoms with Crippen molar-refractivity contribution in [2.75, 3.05) is 19.7 Å². The minimum absolute atomic E-state index is 0.00596. The zero-order chi connectivity index (χ0) is 46.4. The SMILES string of the molecule is C=C[C@@H]1C[C@]1(NC(=O)[C@@H]1C[C@@H]2CN1C(=O)[C@H](C1CCCCC1)NC(=O)O[C@@H]1C[C@H]1CCCCCc1c(nc3ccccc3c1OCCCNC1CC(F)(F)C1)O2)C(=O)NS(=O)(=O)C1(C)CC1. The second-order valence-corrected chi connectivity index (χ2v) is 22.5. The van der Waals surface area contributed by atoms with Crippen LogP contribution in [0.4, 0.5) is 13.6 Å². The molecule has 7 atom stereocenters. The molecule has 66 heavy (non-hydrogen) atoms. The summed E-state index contributed by atoms with van der Waals surface area (Å²) >= 11 is 0. The largest absolute Gasteiger partial charge is 0.492 e. The molecule has 0 spiro atoms. The van der Waals surface area contributed by atoms with Gasteiger partial charge in [0.1, 0.15) is 35.6 Å². The summed E-state index contributed by atoms with van der Waals surface area (Å²) in [6.07, 6.45) is 9.96. The molecule has 360 valence electrons. The third-order valence-corrected chi connectivity index (χ3v) is 17.4. The molecule has 1 aromatic heterocycles. The number of carbonyl (C=O) groups is 4. The predicted molar refractivity (Wildman–Crippen MR) is 240 cm³/mol. The third-order valence-electron chi connectivity index (χ3n) is 15.3. The van der Waals surface area contributed by atoms with Gasteiger partial charge in [0, 0.05) is 36.6 Å². The molecule has 4 N–H and O–H groups in total. The Balaban J connectivity index is 1.02. The Morgan fingerprint density at radius 3 is 2.44 bits per heavy atom. The van der Waals surface area contributed by atoms with Gasteiger partial charge in [0.2, 0.25) is 27.7 Å². The van der Waals surface area contributed by atoms with Crippen LogP contribution in [0.5, 0.6) is 11.6 Å². The standard InChI is InChI=1S/C48H64F2N6O9S/c1-3-31-25-48(31,44(59)55-66(61,62)46(2)19-20-46)54-41(57)37-24-33-28-56(37)43(58)39(29-13-6-4-7-14-29)53-45(60)65-38-23-30(38)15-8-5-9-17-35-40(34-16-10-11-18-36(34)52-42(35)64-33)63-22-12-21-51-32-26-47(49,50)27-32/h3,10-11,16,18,29-33,37-39,51H,1,4-9,12-15,17,19-28H2,2H3,(H,53,60)(H,54,57)(H,55,59)/t30-,31-,33-,37+,38-,39+,48-/m1/s1. The Morgan fingerprint density at radius 2 is 1.73 bits per heavy atom. The maximum Gasteiger partial charge on any atom is 0.408 e. The number of sulfonamides is 1. The van der Waals surface area contributed by atoms with Gasteiger partial charge in [0.15, 0.2) is 0 Å². The Morgan fingerprint density at radius 1 is 1.00 bits per heavy atom. The number of fused-ring (bicyclic) bond motifs is 5. The van der Waals surface area contributed by atoms with Crippen LogP contribution in [0.15, 0.2) is 36.9 Å². The molecule has 0 radical (unpaired) electrons. The second-order valence-electron chi connectivity index (χ2n) is 20.3. The number of aromatic nitrogens is 1. The normalized spacial score (nSPS) is 31.0. The Bertz CT molecular complexity index is 2320. The van der Waals surface area contributed by atoms with E-state index in [0.29, 0.717) is 68.8 Å². The molecule has 2 aliphatic heterocycles. The highest BCUT2D eigenvalue weighted by Crippen LogP contribution is 2.48. The summed E-state index contributed by atoms with van der Waals surface area (Å²) in [4.78, 5) is 63.8. The van der Waals surface area contributed by atoms with Crippen LogP contribution >= 0.6 is 0 Å². The Kier molecular flexibility index (Phi) is 13.0. The molecular weight excluding hydrogens is 875 g/mol. The molecule has 6 fully saturated rings. The van der Waals surface area contributed by atoms with Crippen molar-refractivity contribution >= 4 is 44.7 Å². The molecule has 7 aliphatic rings. The molecule has 3 heterocycles. The van der Waals surface area contributed by atoms with Crippen LogP contribution in [-0.2, 0) is 35.6 Å². The van der Waals surface area contributed by atoms with Gasteiger partial charge in [-0.05, 0) is 102 Å². The van der Waals surface area contributed by atoms with Crippen LogP contribution in [0.25, 0.3) is 10.9 Å². The van der Waals surface area contributed by atoms with Crippen molar-refractivity contribution in [2.45, 2.75) is 169 Å². The van der Waals surface area contributed by atoms with E-state index in [2.05, 4.69) is 27.3 Å². The van der Waals surface area contributed by atoms with Gasteiger partial charge in [-0.3, -0.25) is 19.1 Å². The van der Waals surface area contributed by atoms with Crippen LogP contribution in [0.1, 0.15) is 122 Å². The first-order valence-electron chi connectivity index (χ1n) is 24.2. The molecule has 0 unspecified atom stereocenters. The van der Waals surface area contributed by atoms with E-state index >= 15 is 4.79 Å². The number of alkyl carbamates (subject to hydrolysis) is 1. The number of para-hydroxylation sites is 1. The first kappa shape index (κ1) is 46.5. The third kappa shape index (κ3) is 9.86. The molecule has 18 heteroatoms. The minimum Gasteiger partial charge on any atom is -0.492 e. The van der Waals surface area contributed by atoms with E-state index in [1.165, 1.54) is 11.0 Å². The van der Waals surface area contributed by atoms with Crippen molar-refractivity contribution in [1.82, 2.24) is 30.6 Å². The summed E-state index contributed by atoms with van der Waals surface area (Å²) in [5, 5.41) is 9.81. The van der Waals surface area contributed by atoms with Gasteiger partial charge in [0.05, 0.1) is 29.0 Å². The number of hydrogen-bond acceptors (Lipinski definition) is 11. The van der Waals surface area contributed by atoms with Gasteiger partial charge in [-0.1, -0.05) is 50.3 Å². The van der Waals surface area contributed by atoms with Crippen LogP contribution < -0.4 is 30.1 Å². The number of nitrogens with zero attached hydrogens (tertiary/aromatic N) is 2. The molecule has 2 aromatic rings. The highest BCUT2D eigenvalue weighted by Gasteiger charge is 2.63. The van der Waals surface area contributed by atoms with Crippen molar-refractivity contribution in [2.24, 2.45) is 17.8 Å². The van der Waals surface area contributed by atoms with Crippen molar-refractivity contribution in [1.29, 1.82) is 0 Å². The quantitative estimate of drug-likeness (QED) is 0.136. The molecule has 5 saturated carbocycles. The summed E-state index contributed by atoms with van der Waals surface area (Å²) in [5.41, 5.74) is -0.226. The number of pyridine rings is 1. The van der Waals surface area contributed by atoms with Crippen molar-refractivity contribution in [3.8, 4) is 11.6 Å². The maximum absolute atomic E-state index is 15.1. The molecule has 4 amide bonds. The van der Waals surface area contributed by atoms with Crippen LogP contribution in [-0.4, -0.2) is 108 Å². The fraction of sp³-hybridized carbons (Fsp3) is 0.688. The highest BCUT2D eigenvalue weighted by molar-refractivity contribution is 7.91. The highest BCUT2D eigenvalue weighted by atomic mass is 32.2. The lowest BCUT2D eigenvalue weighted by molar-refractivity contribution is -0.142. The zero-order valence-corrected chi connectivity index (χ0v) is 38.6. The van der Waals surface area contributed by atoms with Gasteiger partial charge in [-0.15, -0.1) is 6.58 Å². The number of hydrogen-bond donors (Lipinski definition) is 4. The molecule has 1 aromatic carbocycles. The molecule has 1 saturated heterocycles. The number of ether oxygens (including phenoxy) is 3. The summed E-state index contributed by atoms with van der Waals surface area (Å²) in [7, 11) is -4.03. The van der Waals surface area contributed by atoms with Gasteiger partial charge in [0.25, 0.3) is 11.8 Å². The van der Waals surface area contributed by atoms with E-state index in [4.69, 9.17) is 19.2 Å². The molecule has 5 aliphatic carbocycles. The molecule has 2 bridgehead atoms. The van der Waals surface area contributed by atoms with Gasteiger partial charge in [-0.25, -0.2) is 27.0 Å². The number of rotatable bonds is 13. The summed E-state index contributed by atoms with van der Waals surface area (Å²) in [6, 6.07) is 5.21. The fourth-order valence-corrected chi connectivity index (χ4v) is 11.9. The average molecular weight is 939 g/mol. The Labute approximate surface area is 385 Å². The van der Waals surface area contributed by atoms with Crippen LogP contribution in [0.2, 0.25) is 0 Å². The molecule has 9 rings (SSSR count). The molecule has 15 nitrogen and oxygen atoms in total. The lowest BCUT2D eigenvalue weighted by atomic mass is 9.83. The van der Waals surface area contributed by atoms with E-state index in [1.807, 2.05) is 24.3 Å². The second kappa shape index (κ2) is 18.5. The van der Waals surface area contributed by atoms with Crippen molar-refractivity contribution in [3.63, 3.8) is 0 Å². The van der Waals surface area contributed by atoms with Gasteiger partial charge in [-0.2, -0.15) is 0 Å². The number of alkyl halides is 2. The summed E-state index contributed by atoms with van der Waals surface area (Å²) in [5.74, 6) is -4.19. The molecular formula is C48H64F2N6O9S. The van der Waals surface area contributed by atoms with E-state index < -0.39 is 74.2 Å². The van der Waals surface area contributed by atoms with Crippen LogP contribution in [0, 0.1) is 17.8 Å². The lowest BCUT2D eigenvalue weighted by Gasteiger charge is -2.35. The average Bonchev–Trinajstić information content (AvgIpc) is 4.24. The van der Waals surface area contributed by atoms with E-state index in [-0.39, 0.29) is 56.2 Å². The monoisotopic (exact) mass is 938 g/mol. The minimum atomic E-state index is -4.03. The zero-order valence-electron chi connectivity index (χ0n) is 37.8. The number of benzene rings is 1. The number of carbonyl (C=O) groups excluding carboxylic acids is 4. The van der Waals surface area contributed by atoms with Gasteiger partial charge < -0.3 is 35.1 Å². The maximum atomic E-state index is 15.1. The first-order valence-corrected chi connectivity index (χ1v) is 25.7. The lowest BCUT2D eigenvalue weighted by Crippen LogP contribution is -2.59. The van der Waals surface area contributed by atoms with E-state index in [0.717, 1.165) is 62.3 Å². The summed E-state index contributed by atoms with van der Waals surface area (Å²) in [6.45, 7) is 6.19. The topological polar surface area (TPSA) is 194 Å². The van der Waals surface area contributed by atoms with Gasteiger partial charge >= 0.3 is 6.09 Å². The predicted octanol–water partition coefficient (Wildman–Crippen LogP) is 5.98. The number of amides is 4. The first-order chi connectivity index (χ1) is 31.6. The Hall–Kier alpha value is -4.58. The fourth-order valence-electron chi connectivity index (χ4n) is 10.6. The number of halogens is 2. The van der Waals surface area contributed by atoms with Crippen molar-refractivity contribution < 1.29 is 50.6 Å². The van der Waals surface area contributed by atoms with Crippen LogP contribution in [0.3, 0.4) is 0 Å². The van der Waals surface area contributed by atoms with E-state index in [9.17, 15) is 31.6 Å². The number of nitrogens with one attached hydrogen (secondary N) is 4. The summed E-state index contributed by atoms with van der Waals surface area (Å²) < 4.78 is 73.9.